The lowest BCUT2D eigenvalue weighted by Crippen LogP contribution is -2.58. The van der Waals surface area contributed by atoms with Crippen molar-refractivity contribution < 1.29 is 52.7 Å². The number of benzene rings is 5. The van der Waals surface area contributed by atoms with E-state index in [4.69, 9.17) is 28.4 Å². The van der Waals surface area contributed by atoms with E-state index in [9.17, 15) is 24.3 Å². The molecule has 0 spiro atoms. The lowest BCUT2D eigenvalue weighted by Gasteiger charge is -2.35. The number of phenolic OH excluding ortho intramolecular Hbond substituents is 1. The molecule has 16 nitrogen and oxygen atoms in total. The highest BCUT2D eigenvalue weighted by molar-refractivity contribution is 5.99. The Kier molecular flexibility index (Phi) is 23.2. The van der Waals surface area contributed by atoms with Crippen molar-refractivity contribution in [3.8, 4) is 23.0 Å². The number of amides is 4. The van der Waals surface area contributed by atoms with Gasteiger partial charge in [0.15, 0.2) is 0 Å². The number of rotatable bonds is 29. The Balaban J connectivity index is 0.731. The van der Waals surface area contributed by atoms with Crippen LogP contribution in [0.4, 0.5) is 0 Å². The molecule has 0 aromatic heterocycles. The van der Waals surface area contributed by atoms with Crippen LogP contribution in [0.2, 0.25) is 0 Å². The zero-order chi connectivity index (χ0) is 57.6. The smallest absolute Gasteiger partial charge is 0.248 e. The summed E-state index contributed by atoms with van der Waals surface area (Å²) in [6, 6.07) is 38.9. The van der Waals surface area contributed by atoms with E-state index in [1.54, 1.807) is 49.0 Å². The molecule has 4 N–H and O–H groups in total. The van der Waals surface area contributed by atoms with Crippen LogP contribution in [0.3, 0.4) is 0 Å². The van der Waals surface area contributed by atoms with Gasteiger partial charge in [0, 0.05) is 19.5 Å². The molecule has 5 aromatic carbocycles. The predicted octanol–water partition coefficient (Wildman–Crippen LogP) is 8.94. The molecule has 0 bridgehead atoms. The van der Waals surface area contributed by atoms with Crippen molar-refractivity contribution in [1.29, 1.82) is 0 Å². The van der Waals surface area contributed by atoms with E-state index in [0.29, 0.717) is 63.2 Å². The first-order valence-electron chi connectivity index (χ1n) is 29.3. The van der Waals surface area contributed by atoms with Crippen LogP contribution in [0, 0.1) is 5.92 Å². The second-order valence-electron chi connectivity index (χ2n) is 21.4. The highest BCUT2D eigenvalue weighted by Crippen LogP contribution is 2.37. The van der Waals surface area contributed by atoms with E-state index in [2.05, 4.69) is 47.1 Å². The molecule has 4 amide bonds. The summed E-state index contributed by atoms with van der Waals surface area (Å²) in [5, 5.41) is 19.4. The summed E-state index contributed by atoms with van der Waals surface area (Å²) in [6.45, 7) is 6.59. The molecule has 1 saturated carbocycles. The lowest BCUT2D eigenvalue weighted by atomic mass is 9.83. The number of fused-ring (bicyclic) bond motifs is 1. The third-order valence-electron chi connectivity index (χ3n) is 15.8. The molecule has 5 aromatic rings. The SMILES string of the molecule is CCC(=C(c1ccc(O)cc1)c1ccc(OCCN(C)C(=O)COCCOCCOCCOc2cccc(O[C@H]3C[C@@H](C(=O)N[C@@H]4CCCc5ccccc54)N(C(=O)[C@@H](NC(=O)[C@H](C)NC)C4CCCCC4)C3)c2)cc1)c1ccccc1. The molecule has 2 fully saturated rings. The van der Waals surface area contributed by atoms with E-state index >= 15 is 0 Å². The fourth-order valence-corrected chi connectivity index (χ4v) is 11.2. The van der Waals surface area contributed by atoms with Crippen molar-refractivity contribution in [1.82, 2.24) is 25.8 Å². The third-order valence-corrected chi connectivity index (χ3v) is 15.8. The molecule has 1 saturated heterocycles. The predicted molar refractivity (Wildman–Crippen MR) is 317 cm³/mol. The second kappa shape index (κ2) is 31.3. The minimum absolute atomic E-state index is 0.0278. The highest BCUT2D eigenvalue weighted by atomic mass is 16.6. The van der Waals surface area contributed by atoms with Gasteiger partial charge in [-0.15, -0.1) is 0 Å². The molecular weight excluding hydrogens is 1040 g/mol. The number of likely N-dealkylation sites (tertiary alicyclic amines) is 1. The van der Waals surface area contributed by atoms with E-state index < -0.39 is 24.2 Å². The van der Waals surface area contributed by atoms with Crippen molar-refractivity contribution in [3.63, 3.8) is 0 Å². The minimum Gasteiger partial charge on any atom is -0.508 e. The van der Waals surface area contributed by atoms with Gasteiger partial charge >= 0.3 is 0 Å². The average Bonchev–Trinajstić information content (AvgIpc) is 4.16. The first-order chi connectivity index (χ1) is 40.0. The number of nitrogens with zero attached hydrogens (tertiary/aromatic N) is 2. The van der Waals surface area contributed by atoms with Crippen LogP contribution in [-0.2, 0) is 39.8 Å². The maximum Gasteiger partial charge on any atom is 0.248 e. The molecule has 5 atom stereocenters. The van der Waals surface area contributed by atoms with Gasteiger partial charge in [-0.25, -0.2) is 0 Å². The number of nitrogens with one attached hydrogen (secondary N) is 3. The van der Waals surface area contributed by atoms with Crippen LogP contribution in [0.15, 0.2) is 127 Å². The lowest BCUT2D eigenvalue weighted by molar-refractivity contribution is -0.143. The average molecular weight is 1120 g/mol. The Morgan fingerprint density at radius 2 is 1.35 bits per heavy atom. The van der Waals surface area contributed by atoms with Gasteiger partial charge < -0.3 is 59.3 Å². The van der Waals surface area contributed by atoms with Gasteiger partial charge in [-0.05, 0) is 134 Å². The van der Waals surface area contributed by atoms with Crippen LogP contribution < -0.4 is 30.2 Å². The van der Waals surface area contributed by atoms with Gasteiger partial charge in [0.05, 0.1) is 58.2 Å². The monoisotopic (exact) mass is 1120 g/mol. The number of allylic oxidation sites excluding steroid dienone is 1. The molecule has 0 unspecified atom stereocenters. The number of carbonyl (C=O) groups excluding carboxylic acids is 4. The number of phenols is 1. The molecule has 2 aliphatic carbocycles. The summed E-state index contributed by atoms with van der Waals surface area (Å²) in [6.07, 6.45) is 8.10. The molecule has 0 radical (unpaired) electrons. The van der Waals surface area contributed by atoms with Crippen LogP contribution >= 0.6 is 0 Å². The fraction of sp³-hybridized carbons (Fsp3) is 0.455. The normalized spacial score (nSPS) is 18.1. The highest BCUT2D eigenvalue weighted by Gasteiger charge is 2.45. The van der Waals surface area contributed by atoms with Crippen LogP contribution in [0.5, 0.6) is 23.0 Å². The van der Waals surface area contributed by atoms with Crippen molar-refractivity contribution in [2.75, 3.05) is 80.0 Å². The Morgan fingerprint density at radius 1 is 0.695 bits per heavy atom. The maximum absolute atomic E-state index is 14.8. The number of aromatic hydroxyl groups is 1. The van der Waals surface area contributed by atoms with Gasteiger partial charge in [-0.1, -0.05) is 111 Å². The van der Waals surface area contributed by atoms with Gasteiger partial charge in [-0.3, -0.25) is 19.2 Å². The van der Waals surface area contributed by atoms with Gasteiger partial charge in [0.2, 0.25) is 23.6 Å². The van der Waals surface area contributed by atoms with Crippen molar-refractivity contribution >= 4 is 34.8 Å². The third kappa shape index (κ3) is 17.2. The number of aryl methyl sites for hydroxylation is 1. The molecule has 82 heavy (non-hydrogen) atoms. The molecule has 1 heterocycles. The van der Waals surface area contributed by atoms with E-state index in [-0.39, 0.29) is 67.7 Å². The Bertz CT molecular complexity index is 2860. The number of ether oxygens (including phenoxy) is 6. The molecule has 1 aliphatic heterocycles. The summed E-state index contributed by atoms with van der Waals surface area (Å²) in [4.78, 5) is 58.5. The topological polar surface area (TPSA) is 186 Å². The van der Waals surface area contributed by atoms with E-state index in [0.717, 1.165) is 85.6 Å². The first-order valence-corrected chi connectivity index (χ1v) is 29.3. The van der Waals surface area contributed by atoms with Crippen LogP contribution in [-0.4, -0.2) is 143 Å². The summed E-state index contributed by atoms with van der Waals surface area (Å²) >= 11 is 0. The quantitative estimate of drug-likeness (QED) is 0.0264. The minimum atomic E-state index is -0.784. The first kappa shape index (κ1) is 60.8. The fourth-order valence-electron chi connectivity index (χ4n) is 11.2. The van der Waals surface area contributed by atoms with Crippen molar-refractivity contribution in [2.24, 2.45) is 5.92 Å². The number of likely N-dealkylation sites (N-methyl/N-ethyl adjacent to an activating group) is 2. The van der Waals surface area contributed by atoms with Crippen LogP contribution in [0.25, 0.3) is 11.1 Å². The number of hydrogen-bond acceptors (Lipinski definition) is 12. The zero-order valence-corrected chi connectivity index (χ0v) is 48.2. The molecule has 438 valence electrons. The summed E-state index contributed by atoms with van der Waals surface area (Å²) < 4.78 is 35.6. The van der Waals surface area contributed by atoms with E-state index in [1.165, 1.54) is 11.1 Å². The Hall–Kier alpha value is -7.24. The standard InChI is InChI=1S/C66H83N5O11/c1-5-57(47-16-8-6-9-17-47)62(49-26-30-52(72)31-27-49)50-28-32-53(33-29-50)80-35-34-70(4)61(73)45-79-39-38-77-36-37-78-40-41-81-54-22-15-23-55(42-54)82-56-43-60(65(75)68-59-25-14-21-48-18-12-13-24-58(48)59)71(44-56)66(76)63(51-19-10-7-11-20-51)69-64(74)46(2)67-3/h6,8-9,12-13,15-18,22-24,26-33,42,46,51,56,59-60,63,67,72H,5,7,10-11,14,19-21,25,34-41,43-45H2,1-4H3,(H,68,75)(H,69,74)/t46-,56-,59+,60-,63-/m0/s1. The summed E-state index contributed by atoms with van der Waals surface area (Å²) in [5.74, 6) is 1.15. The molecule has 8 rings (SSSR count). The number of hydrogen-bond donors (Lipinski definition) is 4. The summed E-state index contributed by atoms with van der Waals surface area (Å²) in [7, 11) is 3.44. The van der Waals surface area contributed by atoms with Crippen molar-refractivity contribution in [2.45, 2.75) is 108 Å². The molecular formula is C66H83N5O11. The summed E-state index contributed by atoms with van der Waals surface area (Å²) in [5.41, 5.74) is 7.82. The van der Waals surface area contributed by atoms with Gasteiger partial charge in [0.25, 0.3) is 0 Å². The maximum atomic E-state index is 14.8. The van der Waals surface area contributed by atoms with Crippen LogP contribution in [0.1, 0.15) is 105 Å². The van der Waals surface area contributed by atoms with E-state index in [1.807, 2.05) is 84.9 Å². The van der Waals surface area contributed by atoms with Crippen molar-refractivity contribution in [3.05, 3.63) is 155 Å². The zero-order valence-electron chi connectivity index (χ0n) is 48.2. The second-order valence-corrected chi connectivity index (χ2v) is 21.4. The Labute approximate surface area is 483 Å². The number of carbonyl (C=O) groups is 4. The molecule has 16 heteroatoms. The Morgan fingerprint density at radius 3 is 2.07 bits per heavy atom. The van der Waals surface area contributed by atoms with Gasteiger partial charge in [-0.2, -0.15) is 0 Å². The largest absolute Gasteiger partial charge is 0.508 e. The molecule has 3 aliphatic rings. The van der Waals surface area contributed by atoms with Gasteiger partial charge in [0.1, 0.15) is 61.0 Å².